The monoisotopic (exact) mass is 955 g/mol. The van der Waals surface area contributed by atoms with E-state index >= 15 is 0 Å². The van der Waals surface area contributed by atoms with E-state index in [2.05, 4.69) is 116 Å². The molecule has 0 saturated carbocycles. The molecular formula is C46H43FIrN4O4Si-2. The number of rotatable bonds is 7. The van der Waals surface area contributed by atoms with Gasteiger partial charge in [0.2, 0.25) is 0 Å². The minimum atomic E-state index is -1.45. The Hall–Kier alpha value is -5.32. The van der Waals surface area contributed by atoms with Gasteiger partial charge in [0.25, 0.3) is 0 Å². The van der Waals surface area contributed by atoms with Crippen LogP contribution >= 0.6 is 0 Å². The molecule has 11 heteroatoms. The maximum absolute atomic E-state index is 14.0. The van der Waals surface area contributed by atoms with Crippen LogP contribution in [0.2, 0.25) is 19.6 Å². The quantitative estimate of drug-likeness (QED) is 0.0734. The van der Waals surface area contributed by atoms with Crippen molar-refractivity contribution >= 4 is 52.2 Å². The zero-order valence-corrected chi connectivity index (χ0v) is 36.5. The van der Waals surface area contributed by atoms with E-state index in [0.717, 1.165) is 56.1 Å². The maximum atomic E-state index is 14.0. The number of hydrogen-bond acceptors (Lipinski definition) is 7. The van der Waals surface area contributed by atoms with E-state index in [1.54, 1.807) is 12.3 Å². The van der Waals surface area contributed by atoms with Gasteiger partial charge in [0.1, 0.15) is 5.58 Å². The number of benzene rings is 4. The molecule has 0 aliphatic heterocycles. The number of fused-ring (bicyclic) bond motifs is 4. The van der Waals surface area contributed by atoms with Crippen LogP contribution in [-0.2, 0) is 25.0 Å². The molecule has 8 nitrogen and oxygen atoms in total. The number of aryl methyl sites for hydroxylation is 1. The van der Waals surface area contributed by atoms with Crippen LogP contribution in [-0.4, -0.2) is 38.8 Å². The molecule has 4 heterocycles. The van der Waals surface area contributed by atoms with Crippen molar-refractivity contribution in [3.63, 3.8) is 0 Å². The van der Waals surface area contributed by atoms with Crippen LogP contribution in [0.3, 0.4) is 0 Å². The zero-order valence-electron chi connectivity index (χ0n) is 33.1. The molecule has 0 aliphatic carbocycles. The Morgan fingerprint density at radius 1 is 0.895 bits per heavy atom. The van der Waals surface area contributed by atoms with Crippen LogP contribution in [0.25, 0.3) is 61.3 Å². The number of carbonyl (C=O) groups is 1. The second kappa shape index (κ2) is 16.6. The minimum absolute atomic E-state index is 0. The van der Waals surface area contributed by atoms with E-state index in [-0.39, 0.29) is 31.2 Å². The van der Waals surface area contributed by atoms with Gasteiger partial charge in [-0.1, -0.05) is 118 Å². The van der Waals surface area contributed by atoms with Crippen molar-refractivity contribution in [1.29, 1.82) is 0 Å². The van der Waals surface area contributed by atoms with Gasteiger partial charge in [0, 0.05) is 49.4 Å². The van der Waals surface area contributed by atoms with Crippen LogP contribution in [0.5, 0.6) is 0 Å². The number of pyridine rings is 2. The fourth-order valence-electron chi connectivity index (χ4n) is 7.02. The van der Waals surface area contributed by atoms with Gasteiger partial charge in [-0.15, -0.1) is 30.3 Å². The standard InChI is InChI=1S/C31H28N3O.C15H15FNO3Si.Ir/c1-18(2)21-11-8-12-22(19(3)4)29(21)34-28-20(5)32-17-16-26(28)33-31(34)25-14-9-13-24-23-10-6-7-15-27(23)35-30(24)25;1-21(2,3)11-5-7-14(17-9-11)12-6-4-10(8-13(12)16)15(18)20-19;/h6-13,15-19H,1-5H3;4-5,7-9,19H,1-3H3;/q2*-1;. The second-order valence-electron chi connectivity index (χ2n) is 15.5. The van der Waals surface area contributed by atoms with Gasteiger partial charge in [0.05, 0.1) is 36.2 Å². The summed E-state index contributed by atoms with van der Waals surface area (Å²) in [5, 5.41) is 11.6. The fourth-order valence-corrected chi connectivity index (χ4v) is 8.05. The van der Waals surface area contributed by atoms with Crippen molar-refractivity contribution in [2.24, 2.45) is 0 Å². The van der Waals surface area contributed by atoms with Gasteiger partial charge < -0.3 is 18.9 Å². The van der Waals surface area contributed by atoms with Crippen LogP contribution in [0.15, 0.2) is 102 Å². The molecule has 0 spiro atoms. The predicted molar refractivity (Wildman–Crippen MR) is 223 cm³/mol. The number of hydrogen-bond donors (Lipinski definition) is 1. The molecule has 1 radical (unpaired) electrons. The summed E-state index contributed by atoms with van der Waals surface area (Å²) in [4.78, 5) is 28.7. The summed E-state index contributed by atoms with van der Waals surface area (Å²) in [5.41, 5.74) is 9.71. The van der Waals surface area contributed by atoms with Crippen molar-refractivity contribution in [2.45, 2.75) is 66.1 Å². The molecule has 0 saturated heterocycles. The van der Waals surface area contributed by atoms with Crippen LogP contribution < -0.4 is 5.19 Å². The Morgan fingerprint density at radius 3 is 2.25 bits per heavy atom. The number of aromatic nitrogens is 4. The Balaban J connectivity index is 0.000000215. The number of halogens is 1. The van der Waals surface area contributed by atoms with Crippen LogP contribution in [0.1, 0.15) is 66.7 Å². The minimum Gasteiger partial charge on any atom is -0.501 e. The van der Waals surface area contributed by atoms with Gasteiger partial charge in [-0.2, -0.15) is 0 Å². The molecule has 4 aromatic carbocycles. The molecule has 8 rings (SSSR count). The Kier molecular flexibility index (Phi) is 12.1. The molecule has 0 fully saturated rings. The summed E-state index contributed by atoms with van der Waals surface area (Å²) < 4.78 is 22.7. The van der Waals surface area contributed by atoms with E-state index in [4.69, 9.17) is 14.7 Å². The third kappa shape index (κ3) is 7.98. The zero-order chi connectivity index (χ0) is 39.9. The van der Waals surface area contributed by atoms with Gasteiger partial charge in [0.15, 0.2) is 0 Å². The van der Waals surface area contributed by atoms with Crippen molar-refractivity contribution in [3.8, 4) is 28.3 Å². The summed E-state index contributed by atoms with van der Waals surface area (Å²) >= 11 is 0. The smallest absolute Gasteiger partial charge is 0.333 e. The SMILES string of the molecule is C[Si](C)(C)c1ccc(-c2[c-]cc(C(=O)OO)cc2F)nc1.Cc1nccc2nc(-c3[c-]ccc4c3oc3ccccc34)n(-c3c(C(C)C)cccc3C(C)C)c12.[Ir]. The first-order valence-electron chi connectivity index (χ1n) is 18.6. The normalized spacial score (nSPS) is 11.6. The molecule has 8 aromatic rings. The molecular weight excluding hydrogens is 912 g/mol. The molecule has 0 atom stereocenters. The van der Waals surface area contributed by atoms with Crippen LogP contribution in [0.4, 0.5) is 4.39 Å². The second-order valence-corrected chi connectivity index (χ2v) is 20.6. The molecule has 1 N–H and O–H groups in total. The Labute approximate surface area is 346 Å². The molecule has 0 unspecified atom stereocenters. The topological polar surface area (TPSA) is 103 Å². The number of furan rings is 1. The van der Waals surface area contributed by atoms with Crippen molar-refractivity contribution in [1.82, 2.24) is 19.5 Å². The molecule has 293 valence electrons. The largest absolute Gasteiger partial charge is 0.501 e. The van der Waals surface area contributed by atoms with Crippen molar-refractivity contribution in [2.75, 3.05) is 0 Å². The van der Waals surface area contributed by atoms with E-state index < -0.39 is 19.9 Å². The number of nitrogens with zero attached hydrogens (tertiary/aromatic N) is 4. The maximum Gasteiger partial charge on any atom is 0.333 e. The molecule has 0 amide bonds. The predicted octanol–water partition coefficient (Wildman–Crippen LogP) is 11.2. The summed E-state index contributed by atoms with van der Waals surface area (Å²) in [6.07, 6.45) is 3.59. The van der Waals surface area contributed by atoms with Gasteiger partial charge >= 0.3 is 5.97 Å². The summed E-state index contributed by atoms with van der Waals surface area (Å²) in [5.74, 6) is -0.158. The number of para-hydroxylation sites is 2. The van der Waals surface area contributed by atoms with E-state index in [1.165, 1.54) is 28.1 Å². The summed E-state index contributed by atoms with van der Waals surface area (Å²) in [6, 6.07) is 32.9. The van der Waals surface area contributed by atoms with Gasteiger partial charge in [-0.05, 0) is 58.5 Å². The third-order valence-electron chi connectivity index (χ3n) is 9.97. The van der Waals surface area contributed by atoms with E-state index in [9.17, 15) is 9.18 Å². The van der Waals surface area contributed by atoms with Crippen molar-refractivity contribution < 1.29 is 43.9 Å². The summed E-state index contributed by atoms with van der Waals surface area (Å²) in [7, 11) is -1.45. The molecule has 4 aromatic heterocycles. The van der Waals surface area contributed by atoms with Gasteiger partial charge in [-0.25, -0.2) is 5.26 Å². The van der Waals surface area contributed by atoms with Crippen molar-refractivity contribution in [3.05, 3.63) is 138 Å². The van der Waals surface area contributed by atoms with E-state index in [0.29, 0.717) is 17.5 Å². The van der Waals surface area contributed by atoms with Gasteiger partial charge in [-0.3, -0.25) is 19.2 Å². The first-order chi connectivity index (χ1) is 26.8. The fraction of sp³-hybridized carbons (Fsp3) is 0.217. The third-order valence-corrected chi connectivity index (χ3v) is 12.0. The average molecular weight is 955 g/mol. The van der Waals surface area contributed by atoms with Crippen LogP contribution in [0, 0.1) is 24.9 Å². The molecule has 57 heavy (non-hydrogen) atoms. The van der Waals surface area contributed by atoms with E-state index in [1.807, 2.05) is 42.6 Å². The Bertz CT molecular complexity index is 2710. The first-order valence-corrected chi connectivity index (χ1v) is 22.1. The summed E-state index contributed by atoms with van der Waals surface area (Å²) in [6.45, 7) is 17.7. The number of carbonyl (C=O) groups excluding carboxylic acids is 1. The molecule has 0 aliphatic rings. The average Bonchev–Trinajstić information content (AvgIpc) is 3.77. The number of imidazole rings is 1. The Morgan fingerprint density at radius 2 is 1.61 bits per heavy atom. The first kappa shape index (κ1) is 41.3. The molecule has 0 bridgehead atoms.